The summed E-state index contributed by atoms with van der Waals surface area (Å²) in [6.07, 6.45) is -0.517. The second-order valence-electron chi connectivity index (χ2n) is 7.40. The fourth-order valence-electron chi connectivity index (χ4n) is 4.69. The summed E-state index contributed by atoms with van der Waals surface area (Å²) >= 11 is 6.29. The van der Waals surface area contributed by atoms with Crippen molar-refractivity contribution in [3.8, 4) is 0 Å². The summed E-state index contributed by atoms with van der Waals surface area (Å²) in [5.74, 6) is 0. The summed E-state index contributed by atoms with van der Waals surface area (Å²) < 4.78 is 56.2. The first-order valence-corrected chi connectivity index (χ1v) is 9.63. The molecule has 0 fully saturated rings. The molecule has 0 heterocycles. The molecule has 0 aliphatic heterocycles. The molecule has 6 heteroatoms. The third-order valence-electron chi connectivity index (χ3n) is 5.85. The van der Waals surface area contributed by atoms with Crippen molar-refractivity contribution < 1.29 is 22.6 Å². The fraction of sp³-hybridized carbons (Fsp3) is 0.524. The Morgan fingerprint density at radius 3 is 2.81 bits per heavy atom. The Labute approximate surface area is 162 Å². The second kappa shape index (κ2) is 7.26. The highest BCUT2D eigenvalue weighted by atomic mass is 35.5. The van der Waals surface area contributed by atoms with E-state index in [2.05, 4.69) is 0 Å². The summed E-state index contributed by atoms with van der Waals surface area (Å²) in [4.78, 5) is 0. The summed E-state index contributed by atoms with van der Waals surface area (Å²) in [5.41, 5.74) is 1.34. The molecule has 3 aliphatic carbocycles. The van der Waals surface area contributed by atoms with Crippen LogP contribution < -0.4 is 0 Å². The average Bonchev–Trinajstić information content (AvgIpc) is 3.12. The van der Waals surface area contributed by atoms with E-state index in [0.717, 1.165) is 17.5 Å². The van der Waals surface area contributed by atoms with Gasteiger partial charge >= 0.3 is 0 Å². The van der Waals surface area contributed by atoms with E-state index < -0.39 is 29.5 Å². The zero-order valence-electron chi connectivity index (χ0n) is 15.1. The van der Waals surface area contributed by atoms with Crippen LogP contribution in [0.1, 0.15) is 36.0 Å². The largest absolute Gasteiger partial charge is 0.359 e. The number of halogens is 4. The molecule has 0 N–H and O–H groups in total. The Hall–Kier alpha value is -1.30. The third-order valence-corrected chi connectivity index (χ3v) is 6.18. The molecule has 5 unspecified atom stereocenters. The number of benzene rings is 1. The highest BCUT2D eigenvalue weighted by molar-refractivity contribution is 6.20. The second-order valence-corrected chi connectivity index (χ2v) is 8.02. The molecule has 1 aromatic rings. The van der Waals surface area contributed by atoms with Crippen molar-refractivity contribution in [2.45, 2.75) is 55.2 Å². The zero-order chi connectivity index (χ0) is 19.2. The standard InChI is InChI=1S/C21H22ClF3O2/c1-26-11-27-21(16-7-3-5-12-4-2-6-14(12)16)17-8-13(22)9-18(23)15(17)10-19(24)20(21)25/h2-3,5-7,13,18-20H,4,8-11H2,1H3. The van der Waals surface area contributed by atoms with Crippen molar-refractivity contribution in [2.24, 2.45) is 0 Å². The maximum atomic E-state index is 15.6. The van der Waals surface area contributed by atoms with Crippen molar-refractivity contribution in [3.63, 3.8) is 0 Å². The SMILES string of the molecule is COCOC1(c2cccc3c2C=CC3)C2=C(CC(F)C1F)C(F)CC(Cl)C2. The number of hydrogen-bond donors (Lipinski definition) is 0. The predicted molar refractivity (Wildman–Crippen MR) is 99.0 cm³/mol. The monoisotopic (exact) mass is 398 g/mol. The Bertz CT molecular complexity index is 794. The first-order valence-electron chi connectivity index (χ1n) is 9.19. The van der Waals surface area contributed by atoms with E-state index in [4.69, 9.17) is 21.1 Å². The van der Waals surface area contributed by atoms with Crippen LogP contribution in [0.5, 0.6) is 0 Å². The Morgan fingerprint density at radius 1 is 1.22 bits per heavy atom. The summed E-state index contributed by atoms with van der Waals surface area (Å²) in [5, 5.41) is -0.486. The number of ether oxygens (including phenoxy) is 2. The van der Waals surface area contributed by atoms with E-state index in [1.807, 2.05) is 24.3 Å². The van der Waals surface area contributed by atoms with Gasteiger partial charge in [-0.3, -0.25) is 0 Å². The van der Waals surface area contributed by atoms with Crippen LogP contribution in [0.4, 0.5) is 13.2 Å². The molecule has 0 bridgehead atoms. The van der Waals surface area contributed by atoms with Crippen LogP contribution in [-0.2, 0) is 21.5 Å². The van der Waals surface area contributed by atoms with Gasteiger partial charge in [-0.15, -0.1) is 11.6 Å². The van der Waals surface area contributed by atoms with Gasteiger partial charge in [-0.1, -0.05) is 30.4 Å². The van der Waals surface area contributed by atoms with Gasteiger partial charge in [0.05, 0.1) is 0 Å². The molecule has 0 saturated carbocycles. The first kappa shape index (κ1) is 19.0. The topological polar surface area (TPSA) is 18.5 Å². The van der Waals surface area contributed by atoms with Crippen LogP contribution in [0.15, 0.2) is 35.4 Å². The van der Waals surface area contributed by atoms with E-state index in [1.165, 1.54) is 7.11 Å². The highest BCUT2D eigenvalue weighted by Gasteiger charge is 2.57. The lowest BCUT2D eigenvalue weighted by Gasteiger charge is -2.48. The van der Waals surface area contributed by atoms with Crippen LogP contribution in [0.3, 0.4) is 0 Å². The number of fused-ring (bicyclic) bond motifs is 1. The minimum Gasteiger partial charge on any atom is -0.359 e. The van der Waals surface area contributed by atoms with E-state index in [1.54, 1.807) is 6.07 Å². The summed E-state index contributed by atoms with van der Waals surface area (Å²) in [6, 6.07) is 5.50. The lowest BCUT2D eigenvalue weighted by atomic mass is 9.66. The predicted octanol–water partition coefficient (Wildman–Crippen LogP) is 5.19. The molecule has 3 aliphatic rings. The molecular formula is C21H22ClF3O2. The van der Waals surface area contributed by atoms with Crippen LogP contribution in [-0.4, -0.2) is 37.8 Å². The van der Waals surface area contributed by atoms with E-state index in [-0.39, 0.29) is 26.1 Å². The molecule has 5 atom stereocenters. The van der Waals surface area contributed by atoms with Gasteiger partial charge in [0.15, 0.2) is 11.8 Å². The van der Waals surface area contributed by atoms with Crippen molar-refractivity contribution in [2.75, 3.05) is 13.9 Å². The smallest absolute Gasteiger partial charge is 0.168 e. The molecule has 0 saturated heterocycles. The lowest BCUT2D eigenvalue weighted by molar-refractivity contribution is -0.166. The van der Waals surface area contributed by atoms with E-state index in [0.29, 0.717) is 16.7 Å². The molecule has 146 valence electrons. The van der Waals surface area contributed by atoms with Crippen LogP contribution in [0.25, 0.3) is 6.08 Å². The van der Waals surface area contributed by atoms with Crippen LogP contribution >= 0.6 is 11.6 Å². The molecular weight excluding hydrogens is 377 g/mol. The Kier molecular flexibility index (Phi) is 5.12. The van der Waals surface area contributed by atoms with Gasteiger partial charge < -0.3 is 9.47 Å². The Morgan fingerprint density at radius 2 is 2.04 bits per heavy atom. The van der Waals surface area contributed by atoms with E-state index in [9.17, 15) is 8.78 Å². The minimum atomic E-state index is -1.97. The summed E-state index contributed by atoms with van der Waals surface area (Å²) in [6.45, 7) is -0.235. The van der Waals surface area contributed by atoms with Crippen molar-refractivity contribution >= 4 is 17.7 Å². The molecule has 4 rings (SSSR count). The van der Waals surface area contributed by atoms with Crippen LogP contribution in [0, 0.1) is 0 Å². The number of allylic oxidation sites excluding steroid dienone is 2. The maximum absolute atomic E-state index is 15.6. The number of alkyl halides is 4. The zero-order valence-corrected chi connectivity index (χ0v) is 15.8. The van der Waals surface area contributed by atoms with Gasteiger partial charge in [-0.05, 0) is 47.1 Å². The van der Waals surface area contributed by atoms with Gasteiger partial charge in [0, 0.05) is 18.9 Å². The molecule has 2 nitrogen and oxygen atoms in total. The van der Waals surface area contributed by atoms with Crippen molar-refractivity contribution in [3.05, 3.63) is 52.1 Å². The van der Waals surface area contributed by atoms with Gasteiger partial charge in [-0.2, -0.15) is 0 Å². The normalized spacial score (nSPS) is 35.3. The van der Waals surface area contributed by atoms with Gasteiger partial charge in [0.1, 0.15) is 19.1 Å². The molecule has 0 aromatic heterocycles. The molecule has 1 aromatic carbocycles. The fourth-order valence-corrected chi connectivity index (χ4v) is 5.00. The third kappa shape index (κ3) is 2.95. The summed E-state index contributed by atoms with van der Waals surface area (Å²) in [7, 11) is 1.42. The number of methoxy groups -OCH3 is 1. The van der Waals surface area contributed by atoms with E-state index >= 15 is 4.39 Å². The number of hydrogen-bond acceptors (Lipinski definition) is 2. The minimum absolute atomic E-state index is 0.108. The lowest BCUT2D eigenvalue weighted by Crippen LogP contribution is -2.53. The average molecular weight is 399 g/mol. The molecule has 0 radical (unpaired) electrons. The maximum Gasteiger partial charge on any atom is 0.168 e. The quantitative estimate of drug-likeness (QED) is 0.395. The molecule has 27 heavy (non-hydrogen) atoms. The highest BCUT2D eigenvalue weighted by Crippen LogP contribution is 2.54. The van der Waals surface area contributed by atoms with Crippen molar-refractivity contribution in [1.29, 1.82) is 0 Å². The van der Waals surface area contributed by atoms with Gasteiger partial charge in [0.25, 0.3) is 0 Å². The van der Waals surface area contributed by atoms with Gasteiger partial charge in [0.2, 0.25) is 0 Å². The van der Waals surface area contributed by atoms with Crippen LogP contribution in [0.2, 0.25) is 0 Å². The molecule has 0 spiro atoms. The van der Waals surface area contributed by atoms with Gasteiger partial charge in [-0.25, -0.2) is 13.2 Å². The first-order chi connectivity index (χ1) is 13.0. The number of rotatable bonds is 4. The molecule has 0 amide bonds. The Balaban J connectivity index is 1.98. The van der Waals surface area contributed by atoms with Crippen molar-refractivity contribution in [1.82, 2.24) is 0 Å².